The fourth-order valence-corrected chi connectivity index (χ4v) is 4.37. The molecular weight excluding hydrogens is 418 g/mol. The van der Waals surface area contributed by atoms with Crippen molar-refractivity contribution in [1.29, 1.82) is 0 Å². The Morgan fingerprint density at radius 3 is 2.12 bits per heavy atom. The van der Waals surface area contributed by atoms with Gasteiger partial charge in [0.25, 0.3) is 5.91 Å². The molecule has 0 N–H and O–H groups in total. The summed E-state index contributed by atoms with van der Waals surface area (Å²) in [6.45, 7) is 9.60. The van der Waals surface area contributed by atoms with Crippen molar-refractivity contribution in [2.75, 3.05) is 13.2 Å². The Morgan fingerprint density at radius 2 is 1.48 bits per heavy atom. The normalized spacial score (nSPS) is 18.0. The number of benzene rings is 2. The molecule has 1 heterocycles. The summed E-state index contributed by atoms with van der Waals surface area (Å²) in [5, 5.41) is 0. The Labute approximate surface area is 195 Å². The molecule has 0 saturated carbocycles. The number of likely N-dealkylation sites (tertiary alicyclic amines) is 1. The summed E-state index contributed by atoms with van der Waals surface area (Å²) in [4.78, 5) is 39.4. The van der Waals surface area contributed by atoms with Crippen LogP contribution in [0.1, 0.15) is 70.5 Å². The second kappa shape index (κ2) is 10.6. The van der Waals surface area contributed by atoms with Crippen molar-refractivity contribution >= 4 is 17.7 Å². The quantitative estimate of drug-likeness (QED) is 0.446. The van der Waals surface area contributed by atoms with E-state index in [1.807, 2.05) is 37.8 Å². The van der Waals surface area contributed by atoms with Gasteiger partial charge in [0.05, 0.1) is 5.56 Å². The summed E-state index contributed by atoms with van der Waals surface area (Å²) in [7, 11) is 0. The molecule has 0 aromatic heterocycles. The van der Waals surface area contributed by atoms with Gasteiger partial charge in [-0.25, -0.2) is 4.79 Å². The smallest absolute Gasteiger partial charge is 0.338 e. The van der Waals surface area contributed by atoms with Gasteiger partial charge in [-0.1, -0.05) is 6.07 Å². The number of rotatable bonds is 7. The van der Waals surface area contributed by atoms with Crippen LogP contribution in [0.2, 0.25) is 0 Å². The van der Waals surface area contributed by atoms with E-state index in [9.17, 15) is 14.4 Å². The van der Waals surface area contributed by atoms with Gasteiger partial charge in [0.2, 0.25) is 5.78 Å². The second-order valence-corrected chi connectivity index (χ2v) is 8.99. The van der Waals surface area contributed by atoms with Crippen molar-refractivity contribution in [3.05, 3.63) is 64.2 Å². The van der Waals surface area contributed by atoms with Gasteiger partial charge in [0, 0.05) is 17.6 Å². The molecule has 0 unspecified atom stereocenters. The molecule has 176 valence electrons. The van der Waals surface area contributed by atoms with Crippen molar-refractivity contribution in [3.63, 3.8) is 0 Å². The first kappa shape index (κ1) is 24.5. The molecule has 6 heteroatoms. The molecule has 1 amide bonds. The zero-order chi connectivity index (χ0) is 24.1. The van der Waals surface area contributed by atoms with Gasteiger partial charge in [-0.2, -0.15) is 0 Å². The van der Waals surface area contributed by atoms with Crippen LogP contribution in [-0.4, -0.2) is 47.9 Å². The van der Waals surface area contributed by atoms with E-state index < -0.39 is 5.97 Å². The van der Waals surface area contributed by atoms with E-state index in [1.54, 1.807) is 24.3 Å². The zero-order valence-electron chi connectivity index (χ0n) is 20.1. The highest BCUT2D eigenvalue weighted by molar-refractivity contribution is 6.00. The van der Waals surface area contributed by atoms with Crippen LogP contribution in [0.4, 0.5) is 0 Å². The molecule has 0 aliphatic carbocycles. The first-order valence-electron chi connectivity index (χ1n) is 11.5. The molecule has 2 atom stereocenters. The maximum atomic E-state index is 12.6. The number of Topliss-reactive ketones (excluding diaryl/α,β-unsaturated/α-hetero) is 1. The largest absolute Gasteiger partial charge is 0.484 e. The first-order chi connectivity index (χ1) is 15.7. The summed E-state index contributed by atoms with van der Waals surface area (Å²) >= 11 is 0. The molecule has 6 nitrogen and oxygen atoms in total. The van der Waals surface area contributed by atoms with E-state index in [4.69, 9.17) is 9.47 Å². The molecule has 1 fully saturated rings. The second-order valence-electron chi connectivity index (χ2n) is 8.99. The van der Waals surface area contributed by atoms with Crippen molar-refractivity contribution in [3.8, 4) is 5.75 Å². The maximum Gasteiger partial charge on any atom is 0.338 e. The number of piperidine rings is 1. The summed E-state index contributed by atoms with van der Waals surface area (Å²) in [6.07, 6.45) is 3.16. The molecule has 1 aliphatic heterocycles. The molecule has 33 heavy (non-hydrogen) atoms. The van der Waals surface area contributed by atoms with Crippen molar-refractivity contribution in [2.24, 2.45) is 0 Å². The first-order valence-corrected chi connectivity index (χ1v) is 11.5. The number of ketones is 1. The van der Waals surface area contributed by atoms with Crippen LogP contribution in [-0.2, 0) is 9.53 Å². The number of hydrogen-bond donors (Lipinski definition) is 0. The number of carbonyl (C=O) groups is 3. The fraction of sp³-hybridized carbons (Fsp3) is 0.444. The number of amides is 1. The van der Waals surface area contributed by atoms with Crippen LogP contribution >= 0.6 is 0 Å². The predicted octanol–water partition coefficient (Wildman–Crippen LogP) is 4.82. The minimum Gasteiger partial charge on any atom is -0.484 e. The lowest BCUT2D eigenvalue weighted by atomic mass is 9.97. The van der Waals surface area contributed by atoms with E-state index in [0.29, 0.717) is 16.9 Å². The third-order valence-electron chi connectivity index (χ3n) is 6.41. The molecule has 2 aromatic rings. The highest BCUT2D eigenvalue weighted by atomic mass is 16.5. The van der Waals surface area contributed by atoms with Gasteiger partial charge in [-0.15, -0.1) is 0 Å². The van der Waals surface area contributed by atoms with E-state index in [-0.39, 0.29) is 37.0 Å². The minimum absolute atomic E-state index is 0.0293. The Kier molecular flexibility index (Phi) is 7.90. The van der Waals surface area contributed by atoms with Gasteiger partial charge in [-0.05, 0) is 101 Å². The average molecular weight is 452 g/mol. The number of carbonyl (C=O) groups excluding carboxylic acids is 3. The average Bonchev–Trinajstić information content (AvgIpc) is 2.78. The van der Waals surface area contributed by atoms with Crippen LogP contribution in [0.3, 0.4) is 0 Å². The number of aryl methyl sites for hydroxylation is 3. The van der Waals surface area contributed by atoms with Crippen LogP contribution in [0.15, 0.2) is 36.4 Å². The Morgan fingerprint density at radius 1 is 0.879 bits per heavy atom. The predicted molar refractivity (Wildman–Crippen MR) is 127 cm³/mol. The lowest BCUT2D eigenvalue weighted by Crippen LogP contribution is -2.49. The van der Waals surface area contributed by atoms with Gasteiger partial charge in [-0.3, -0.25) is 9.59 Å². The summed E-state index contributed by atoms with van der Waals surface area (Å²) in [5.41, 5.74) is 3.88. The van der Waals surface area contributed by atoms with Crippen molar-refractivity contribution in [2.45, 2.75) is 66.0 Å². The summed E-state index contributed by atoms with van der Waals surface area (Å²) in [6, 6.07) is 10.6. The van der Waals surface area contributed by atoms with Gasteiger partial charge < -0.3 is 14.4 Å². The topological polar surface area (TPSA) is 72.9 Å². The number of hydrogen-bond acceptors (Lipinski definition) is 5. The van der Waals surface area contributed by atoms with Gasteiger partial charge in [0.15, 0.2) is 13.2 Å². The Bertz CT molecular complexity index is 1020. The number of ether oxygens (including phenoxy) is 2. The van der Waals surface area contributed by atoms with Crippen LogP contribution in [0.5, 0.6) is 5.75 Å². The van der Waals surface area contributed by atoms with Gasteiger partial charge >= 0.3 is 5.97 Å². The molecule has 1 aliphatic rings. The highest BCUT2D eigenvalue weighted by Gasteiger charge is 2.29. The number of nitrogens with zero attached hydrogens (tertiary/aromatic N) is 1. The monoisotopic (exact) mass is 451 g/mol. The molecule has 0 spiro atoms. The highest BCUT2D eigenvalue weighted by Crippen LogP contribution is 2.23. The lowest BCUT2D eigenvalue weighted by molar-refractivity contribution is -0.139. The van der Waals surface area contributed by atoms with E-state index >= 15 is 0 Å². The van der Waals surface area contributed by atoms with Crippen molar-refractivity contribution in [1.82, 2.24) is 4.90 Å². The van der Waals surface area contributed by atoms with E-state index in [1.165, 1.54) is 0 Å². The third kappa shape index (κ3) is 6.01. The van der Waals surface area contributed by atoms with E-state index in [2.05, 4.69) is 13.8 Å². The molecule has 1 saturated heterocycles. The van der Waals surface area contributed by atoms with Crippen molar-refractivity contribution < 1.29 is 23.9 Å². The Hall–Kier alpha value is -3.15. The maximum absolute atomic E-state index is 12.6. The van der Waals surface area contributed by atoms with Crippen LogP contribution < -0.4 is 4.74 Å². The van der Waals surface area contributed by atoms with E-state index in [0.717, 1.165) is 36.0 Å². The molecule has 0 radical (unpaired) electrons. The molecule has 0 bridgehead atoms. The molecule has 2 aromatic carbocycles. The van der Waals surface area contributed by atoms with Crippen LogP contribution in [0, 0.1) is 20.8 Å². The SMILES string of the molecule is Cc1cc(C)c(C(=O)COC(=O)c2ccc(OCC(=O)N3[C@H](C)CCC[C@H]3C)cc2)cc1C. The van der Waals surface area contributed by atoms with Crippen LogP contribution in [0.25, 0.3) is 0 Å². The van der Waals surface area contributed by atoms with Gasteiger partial charge in [0.1, 0.15) is 5.75 Å². The molecule has 3 rings (SSSR count). The molecular formula is C27H33NO5. The summed E-state index contributed by atoms with van der Waals surface area (Å²) in [5.74, 6) is -0.343. The lowest BCUT2D eigenvalue weighted by Gasteiger charge is -2.38. The fourth-order valence-electron chi connectivity index (χ4n) is 4.37. The number of esters is 1. The third-order valence-corrected chi connectivity index (χ3v) is 6.41. The zero-order valence-corrected chi connectivity index (χ0v) is 20.1. The minimum atomic E-state index is -0.580. The Balaban J connectivity index is 1.52. The standard InChI is InChI=1S/C27H33NO5/c1-17-13-19(3)24(14-18(17)2)25(29)15-33-27(31)22-9-11-23(12-10-22)32-16-26(30)28-20(4)7-6-8-21(28)5/h9-14,20-21H,6-8,15-16H2,1-5H3/t20-,21-/m1/s1. The summed E-state index contributed by atoms with van der Waals surface area (Å²) < 4.78 is 10.9.